The molecule has 0 aliphatic carbocycles. The van der Waals surface area contributed by atoms with E-state index in [0.717, 1.165) is 25.2 Å². The number of aromatic nitrogens is 2. The fraction of sp³-hybridized carbons (Fsp3) is 0.600. The van der Waals surface area contributed by atoms with Gasteiger partial charge in [0.2, 0.25) is 0 Å². The Labute approximate surface area is 170 Å². The summed E-state index contributed by atoms with van der Waals surface area (Å²) in [4.78, 5) is 18.4. The van der Waals surface area contributed by atoms with Gasteiger partial charge >= 0.3 is 6.18 Å². The highest BCUT2D eigenvalue weighted by atomic mass is 19.4. The van der Waals surface area contributed by atoms with Gasteiger partial charge in [-0.05, 0) is 25.5 Å². The Hall–Kier alpha value is -2.20. The Bertz CT molecular complexity index is 985. The zero-order valence-electron chi connectivity index (χ0n) is 16.2. The van der Waals surface area contributed by atoms with Crippen LogP contribution in [-0.2, 0) is 28.7 Å². The molecule has 30 heavy (non-hydrogen) atoms. The molecule has 1 N–H and O–H groups in total. The third kappa shape index (κ3) is 3.26. The van der Waals surface area contributed by atoms with Crippen molar-refractivity contribution in [3.8, 4) is 0 Å². The van der Waals surface area contributed by atoms with E-state index >= 15 is 4.39 Å². The van der Waals surface area contributed by atoms with Crippen molar-refractivity contribution in [2.75, 3.05) is 19.7 Å². The van der Waals surface area contributed by atoms with E-state index in [0.29, 0.717) is 44.3 Å². The number of nitrogens with one attached hydrogen (secondary N) is 1. The first-order valence-electron chi connectivity index (χ1n) is 10.2. The van der Waals surface area contributed by atoms with Crippen LogP contribution in [0.4, 0.5) is 17.6 Å². The van der Waals surface area contributed by atoms with Crippen LogP contribution in [0, 0.1) is 5.82 Å². The molecule has 0 radical (unpaired) electrons. The zero-order chi connectivity index (χ0) is 21.0. The van der Waals surface area contributed by atoms with Crippen molar-refractivity contribution < 1.29 is 27.1 Å². The first kappa shape index (κ1) is 19.7. The summed E-state index contributed by atoms with van der Waals surface area (Å²) in [6, 6.07) is 0.930. The molecule has 10 heteroatoms. The predicted molar refractivity (Wildman–Crippen MR) is 99.3 cm³/mol. The van der Waals surface area contributed by atoms with E-state index in [2.05, 4.69) is 10.3 Å². The maximum absolute atomic E-state index is 15.0. The first-order chi connectivity index (χ1) is 14.3. The van der Waals surface area contributed by atoms with Crippen molar-refractivity contribution in [3.63, 3.8) is 0 Å². The van der Waals surface area contributed by atoms with Gasteiger partial charge in [-0.3, -0.25) is 4.79 Å². The maximum Gasteiger partial charge on any atom is 0.417 e. The third-order valence-corrected chi connectivity index (χ3v) is 6.44. The molecule has 5 rings (SSSR count). The van der Waals surface area contributed by atoms with Gasteiger partial charge in [0.25, 0.3) is 5.91 Å². The minimum Gasteiger partial charge on any atom is -0.367 e. The molecular formula is C20H22F4N4O2. The molecule has 162 valence electrons. The number of likely N-dealkylation sites (tertiary alicyclic amines) is 1. The van der Waals surface area contributed by atoms with Gasteiger partial charge < -0.3 is 19.5 Å². The molecule has 3 aliphatic heterocycles. The second-order valence-corrected chi connectivity index (χ2v) is 8.23. The molecular weight excluding hydrogens is 404 g/mol. The number of hydrogen-bond donors (Lipinski definition) is 1. The van der Waals surface area contributed by atoms with E-state index in [1.165, 1.54) is 0 Å². The average Bonchev–Trinajstić information content (AvgIpc) is 3.18. The molecule has 3 unspecified atom stereocenters. The molecule has 3 aliphatic rings. The summed E-state index contributed by atoms with van der Waals surface area (Å²) in [5.41, 5.74) is -0.441. The van der Waals surface area contributed by atoms with Crippen LogP contribution in [0.25, 0.3) is 11.0 Å². The second-order valence-electron chi connectivity index (χ2n) is 8.23. The van der Waals surface area contributed by atoms with Gasteiger partial charge in [-0.2, -0.15) is 13.2 Å². The highest BCUT2D eigenvalue weighted by Crippen LogP contribution is 2.35. The lowest BCUT2D eigenvalue weighted by Crippen LogP contribution is -2.47. The van der Waals surface area contributed by atoms with Crippen LogP contribution >= 0.6 is 0 Å². The summed E-state index contributed by atoms with van der Waals surface area (Å²) in [5, 5.41) is 3.11. The number of alkyl halides is 3. The highest BCUT2D eigenvalue weighted by Gasteiger charge is 2.40. The van der Waals surface area contributed by atoms with Crippen LogP contribution in [0.2, 0.25) is 0 Å². The molecule has 6 nitrogen and oxygen atoms in total. The lowest BCUT2D eigenvalue weighted by atomic mass is 10.0. The SMILES string of the molecule is O=C1C(OCC2CCN2)CCN1C1CCn2c(c(F)c3cc(C(F)(F)F)cnc32)C1. The van der Waals surface area contributed by atoms with Crippen molar-refractivity contribution in [3.05, 3.63) is 29.3 Å². The van der Waals surface area contributed by atoms with Gasteiger partial charge in [-0.25, -0.2) is 9.37 Å². The van der Waals surface area contributed by atoms with E-state index in [1.54, 1.807) is 9.47 Å². The van der Waals surface area contributed by atoms with Crippen molar-refractivity contribution >= 4 is 16.9 Å². The number of nitrogens with zero attached hydrogens (tertiary/aromatic N) is 3. The van der Waals surface area contributed by atoms with Gasteiger partial charge in [-0.1, -0.05) is 0 Å². The highest BCUT2D eigenvalue weighted by molar-refractivity contribution is 5.83. The number of carbonyl (C=O) groups is 1. The van der Waals surface area contributed by atoms with Crippen molar-refractivity contribution in [2.45, 2.75) is 56.6 Å². The molecule has 0 aromatic carbocycles. The number of pyridine rings is 1. The van der Waals surface area contributed by atoms with Crippen molar-refractivity contribution in [2.24, 2.45) is 0 Å². The standard InChI is InChI=1S/C20H22F4N4O2/c21-17-14-7-11(20(22,23)24)9-26-18(14)28-5-2-13(8-15(17)28)27-6-3-16(19(27)29)30-10-12-1-4-25-12/h7,9,12-13,16,25H,1-6,8,10H2. The topological polar surface area (TPSA) is 59.4 Å². The summed E-state index contributed by atoms with van der Waals surface area (Å²) in [7, 11) is 0. The number of aryl methyl sites for hydroxylation is 1. The zero-order valence-corrected chi connectivity index (χ0v) is 16.2. The van der Waals surface area contributed by atoms with Gasteiger partial charge in [0, 0.05) is 44.2 Å². The molecule has 0 bridgehead atoms. The Balaban J connectivity index is 1.34. The minimum atomic E-state index is -4.58. The van der Waals surface area contributed by atoms with Crippen LogP contribution in [0.3, 0.4) is 0 Å². The number of hydrogen-bond acceptors (Lipinski definition) is 4. The number of rotatable bonds is 4. The van der Waals surface area contributed by atoms with Crippen molar-refractivity contribution in [1.29, 1.82) is 0 Å². The largest absolute Gasteiger partial charge is 0.417 e. The van der Waals surface area contributed by atoms with E-state index in [9.17, 15) is 18.0 Å². The Morgan fingerprint density at radius 3 is 2.73 bits per heavy atom. The molecule has 1 amide bonds. The van der Waals surface area contributed by atoms with Crippen LogP contribution in [0.1, 0.15) is 30.5 Å². The van der Waals surface area contributed by atoms with Gasteiger partial charge in [0.05, 0.1) is 23.3 Å². The molecule has 2 aromatic rings. The smallest absolute Gasteiger partial charge is 0.367 e. The number of halogens is 4. The summed E-state index contributed by atoms with van der Waals surface area (Å²) < 4.78 is 61.4. The van der Waals surface area contributed by atoms with E-state index in [-0.39, 0.29) is 29.4 Å². The Morgan fingerprint density at radius 1 is 1.23 bits per heavy atom. The summed E-state index contributed by atoms with van der Waals surface area (Å²) in [5.74, 6) is -0.759. The maximum atomic E-state index is 15.0. The Kier molecular flexibility index (Phi) is 4.73. The Morgan fingerprint density at radius 2 is 2.03 bits per heavy atom. The summed E-state index contributed by atoms with van der Waals surface area (Å²) in [6.07, 6.45) is -1.81. The van der Waals surface area contributed by atoms with Crippen LogP contribution in [0.5, 0.6) is 0 Å². The van der Waals surface area contributed by atoms with Gasteiger partial charge in [0.15, 0.2) is 5.82 Å². The molecule has 2 fully saturated rings. The normalized spacial score (nSPS) is 26.9. The molecule has 0 saturated carbocycles. The third-order valence-electron chi connectivity index (χ3n) is 6.44. The lowest BCUT2D eigenvalue weighted by molar-refractivity contribution is -0.140. The summed E-state index contributed by atoms with van der Waals surface area (Å²) >= 11 is 0. The number of fused-ring (bicyclic) bond motifs is 3. The van der Waals surface area contributed by atoms with Gasteiger partial charge in [0.1, 0.15) is 11.8 Å². The molecule has 5 heterocycles. The predicted octanol–water partition coefficient (Wildman–Crippen LogP) is 2.49. The van der Waals surface area contributed by atoms with E-state index in [4.69, 9.17) is 4.74 Å². The first-order valence-corrected chi connectivity index (χ1v) is 10.2. The van der Waals surface area contributed by atoms with Gasteiger partial charge in [-0.15, -0.1) is 0 Å². The fourth-order valence-electron chi connectivity index (χ4n) is 4.62. The number of carbonyl (C=O) groups excluding carboxylic acids is 1. The van der Waals surface area contributed by atoms with E-state index in [1.807, 2.05) is 0 Å². The number of amides is 1. The minimum absolute atomic E-state index is 0.0817. The van der Waals surface area contributed by atoms with E-state index < -0.39 is 23.7 Å². The average molecular weight is 426 g/mol. The van der Waals surface area contributed by atoms with Crippen LogP contribution in [-0.4, -0.2) is 58.2 Å². The quantitative estimate of drug-likeness (QED) is 0.764. The van der Waals surface area contributed by atoms with Crippen molar-refractivity contribution in [1.82, 2.24) is 19.8 Å². The number of ether oxygens (including phenoxy) is 1. The summed E-state index contributed by atoms with van der Waals surface area (Å²) in [6.45, 7) is 2.43. The molecule has 2 aromatic heterocycles. The lowest BCUT2D eigenvalue weighted by Gasteiger charge is -2.32. The van der Waals surface area contributed by atoms with Crippen LogP contribution < -0.4 is 5.32 Å². The second kappa shape index (κ2) is 7.19. The molecule has 0 spiro atoms. The van der Waals surface area contributed by atoms with Crippen LogP contribution in [0.15, 0.2) is 12.3 Å². The monoisotopic (exact) mass is 426 g/mol. The molecule has 2 saturated heterocycles. The molecule has 3 atom stereocenters. The fourth-order valence-corrected chi connectivity index (χ4v) is 4.62.